The van der Waals surface area contributed by atoms with Crippen LogP contribution in [0.1, 0.15) is 16.1 Å². The van der Waals surface area contributed by atoms with Crippen LogP contribution in [0.5, 0.6) is 5.88 Å². The molecule has 0 saturated carbocycles. The number of methoxy groups -OCH3 is 1. The summed E-state index contributed by atoms with van der Waals surface area (Å²) in [5.41, 5.74) is 0.0322. The van der Waals surface area contributed by atoms with Gasteiger partial charge in [0.2, 0.25) is 5.88 Å². The first kappa shape index (κ1) is 16.7. The van der Waals surface area contributed by atoms with E-state index in [4.69, 9.17) is 4.74 Å². The molecule has 0 aliphatic rings. The predicted molar refractivity (Wildman–Crippen MR) is 85.5 cm³/mol. The minimum absolute atomic E-state index is 0.00293. The van der Waals surface area contributed by atoms with Gasteiger partial charge < -0.3 is 10.1 Å². The van der Waals surface area contributed by atoms with Gasteiger partial charge in [-0.25, -0.2) is 9.97 Å². The van der Waals surface area contributed by atoms with Crippen molar-refractivity contribution in [3.63, 3.8) is 0 Å². The zero-order valence-electron chi connectivity index (χ0n) is 13.0. The number of carbonyl (C=O) groups is 1. The summed E-state index contributed by atoms with van der Waals surface area (Å²) in [6.45, 7) is 0. The molecule has 0 saturated heterocycles. The molecule has 128 valence electrons. The molecule has 0 aliphatic heterocycles. The van der Waals surface area contributed by atoms with Gasteiger partial charge >= 0.3 is 6.18 Å². The highest BCUT2D eigenvalue weighted by Gasteiger charge is 2.30. The quantitative estimate of drug-likeness (QED) is 0.780. The fraction of sp³-hybridized carbons (Fsp3) is 0.118. The van der Waals surface area contributed by atoms with Crippen molar-refractivity contribution in [2.75, 3.05) is 12.4 Å². The lowest BCUT2D eigenvalue weighted by Crippen LogP contribution is -2.16. The minimum atomic E-state index is -4.50. The molecule has 2 aromatic carbocycles. The van der Waals surface area contributed by atoms with Crippen LogP contribution < -0.4 is 10.1 Å². The van der Waals surface area contributed by atoms with Crippen LogP contribution in [0.4, 0.5) is 18.9 Å². The number of fused-ring (bicyclic) bond motifs is 1. The van der Waals surface area contributed by atoms with Crippen molar-refractivity contribution in [3.8, 4) is 5.88 Å². The normalized spacial score (nSPS) is 11.4. The number of benzene rings is 2. The Bertz CT molecular complexity index is 942. The number of hydrogen-bond acceptors (Lipinski definition) is 4. The molecule has 0 fully saturated rings. The Morgan fingerprint density at radius 2 is 1.72 bits per heavy atom. The number of hydrogen-bond donors (Lipinski definition) is 1. The highest BCUT2D eigenvalue weighted by molar-refractivity contribution is 6.05. The number of nitrogens with one attached hydrogen (secondary N) is 1. The van der Waals surface area contributed by atoms with Crippen molar-refractivity contribution in [2.45, 2.75) is 6.18 Å². The summed E-state index contributed by atoms with van der Waals surface area (Å²) in [6.07, 6.45) is -4.50. The first-order valence-corrected chi connectivity index (χ1v) is 7.18. The molecule has 5 nitrogen and oxygen atoms in total. The Morgan fingerprint density at radius 1 is 1.04 bits per heavy atom. The minimum Gasteiger partial charge on any atom is -0.479 e. The monoisotopic (exact) mass is 347 g/mol. The summed E-state index contributed by atoms with van der Waals surface area (Å²) in [5.74, 6) is -0.724. The van der Waals surface area contributed by atoms with Crippen LogP contribution in [0.25, 0.3) is 11.0 Å². The fourth-order valence-corrected chi connectivity index (χ4v) is 2.24. The molecule has 1 amide bonds. The maximum absolute atomic E-state index is 12.8. The molecule has 0 spiro atoms. The summed E-state index contributed by atoms with van der Waals surface area (Å²) in [4.78, 5) is 20.8. The molecular weight excluding hydrogens is 335 g/mol. The smallest absolute Gasteiger partial charge is 0.416 e. The summed E-state index contributed by atoms with van der Waals surface area (Å²) >= 11 is 0. The number of aromatic nitrogens is 2. The van der Waals surface area contributed by atoms with Crippen molar-refractivity contribution in [3.05, 3.63) is 59.8 Å². The van der Waals surface area contributed by atoms with Crippen molar-refractivity contribution in [1.82, 2.24) is 9.97 Å². The van der Waals surface area contributed by atoms with Gasteiger partial charge in [0.05, 0.1) is 23.7 Å². The first-order valence-electron chi connectivity index (χ1n) is 7.18. The Balaban J connectivity index is 1.95. The second-order valence-corrected chi connectivity index (χ2v) is 5.10. The number of rotatable bonds is 3. The lowest BCUT2D eigenvalue weighted by atomic mass is 10.2. The second-order valence-electron chi connectivity index (χ2n) is 5.10. The van der Waals surface area contributed by atoms with E-state index < -0.39 is 17.6 Å². The van der Waals surface area contributed by atoms with Crippen LogP contribution in [0.3, 0.4) is 0 Å². The van der Waals surface area contributed by atoms with Crippen molar-refractivity contribution in [1.29, 1.82) is 0 Å². The second kappa shape index (κ2) is 6.39. The van der Waals surface area contributed by atoms with Crippen molar-refractivity contribution < 1.29 is 22.7 Å². The fourth-order valence-electron chi connectivity index (χ4n) is 2.24. The van der Waals surface area contributed by atoms with E-state index in [1.54, 1.807) is 24.3 Å². The number of para-hydroxylation sites is 2. The average molecular weight is 347 g/mol. The molecule has 0 radical (unpaired) electrons. The number of halogens is 3. The molecule has 0 unspecified atom stereocenters. The maximum atomic E-state index is 12.8. The van der Waals surface area contributed by atoms with Gasteiger partial charge in [0, 0.05) is 5.69 Å². The van der Waals surface area contributed by atoms with E-state index in [9.17, 15) is 18.0 Å². The first-order chi connectivity index (χ1) is 11.9. The molecule has 0 bridgehead atoms. The molecule has 0 atom stereocenters. The summed E-state index contributed by atoms with van der Waals surface area (Å²) in [7, 11) is 1.33. The number of carbonyl (C=O) groups excluding carboxylic acids is 1. The van der Waals surface area contributed by atoms with E-state index in [-0.39, 0.29) is 17.3 Å². The van der Waals surface area contributed by atoms with Crippen molar-refractivity contribution in [2.24, 2.45) is 0 Å². The number of ether oxygens (including phenoxy) is 1. The van der Waals surface area contributed by atoms with Crippen LogP contribution in [0, 0.1) is 0 Å². The average Bonchev–Trinajstić information content (AvgIpc) is 2.60. The Kier molecular flexibility index (Phi) is 4.26. The zero-order chi connectivity index (χ0) is 18.0. The lowest BCUT2D eigenvalue weighted by Gasteiger charge is -2.11. The highest BCUT2D eigenvalue weighted by atomic mass is 19.4. The molecule has 1 N–H and O–H groups in total. The standard InChI is InChI=1S/C17H12F3N3O2/c1-25-16-14(22-12-7-2-3-8-13(12)23-16)15(24)21-11-6-4-5-10(9-11)17(18,19)20/h2-9H,1H3,(H,21,24). The summed E-state index contributed by atoms with van der Waals surface area (Å²) < 4.78 is 43.4. The lowest BCUT2D eigenvalue weighted by molar-refractivity contribution is -0.137. The van der Waals surface area contributed by atoms with Crippen LogP contribution in [-0.4, -0.2) is 23.0 Å². The Labute approximate surface area is 140 Å². The van der Waals surface area contributed by atoms with Gasteiger partial charge in [0.1, 0.15) is 0 Å². The van der Waals surface area contributed by atoms with Gasteiger partial charge in [0.15, 0.2) is 5.69 Å². The number of anilines is 1. The molecule has 3 aromatic rings. The third-order valence-electron chi connectivity index (χ3n) is 3.39. The molecule has 1 heterocycles. The molecule has 0 aliphatic carbocycles. The summed E-state index contributed by atoms with van der Waals surface area (Å²) in [6, 6.07) is 11.2. The van der Waals surface area contributed by atoms with E-state index in [0.717, 1.165) is 12.1 Å². The third kappa shape index (κ3) is 3.52. The number of amides is 1. The van der Waals surface area contributed by atoms with Gasteiger partial charge in [-0.3, -0.25) is 4.79 Å². The molecule has 1 aromatic heterocycles. The molecule has 25 heavy (non-hydrogen) atoms. The van der Waals surface area contributed by atoms with E-state index >= 15 is 0 Å². The molecular formula is C17H12F3N3O2. The van der Waals surface area contributed by atoms with E-state index in [0.29, 0.717) is 11.0 Å². The Hall–Kier alpha value is -3.16. The van der Waals surface area contributed by atoms with Gasteiger partial charge in [0.25, 0.3) is 5.91 Å². The number of alkyl halides is 3. The van der Waals surface area contributed by atoms with E-state index in [1.165, 1.54) is 19.2 Å². The van der Waals surface area contributed by atoms with Gasteiger partial charge in [-0.1, -0.05) is 18.2 Å². The van der Waals surface area contributed by atoms with Crippen LogP contribution in [0.2, 0.25) is 0 Å². The SMILES string of the molecule is COc1nc2ccccc2nc1C(=O)Nc1cccc(C(F)(F)F)c1. The zero-order valence-corrected chi connectivity index (χ0v) is 13.0. The van der Waals surface area contributed by atoms with E-state index in [2.05, 4.69) is 15.3 Å². The van der Waals surface area contributed by atoms with Crippen LogP contribution in [0.15, 0.2) is 48.5 Å². The maximum Gasteiger partial charge on any atom is 0.416 e. The molecule has 3 rings (SSSR count). The van der Waals surface area contributed by atoms with Crippen LogP contribution >= 0.6 is 0 Å². The van der Waals surface area contributed by atoms with Gasteiger partial charge in [-0.05, 0) is 30.3 Å². The van der Waals surface area contributed by atoms with Gasteiger partial charge in [-0.15, -0.1) is 0 Å². The third-order valence-corrected chi connectivity index (χ3v) is 3.39. The van der Waals surface area contributed by atoms with E-state index in [1.807, 2.05) is 0 Å². The summed E-state index contributed by atoms with van der Waals surface area (Å²) in [5, 5.41) is 2.39. The predicted octanol–water partition coefficient (Wildman–Crippen LogP) is 3.91. The van der Waals surface area contributed by atoms with Gasteiger partial charge in [-0.2, -0.15) is 13.2 Å². The Morgan fingerprint density at radius 3 is 2.36 bits per heavy atom. The topological polar surface area (TPSA) is 64.1 Å². The van der Waals surface area contributed by atoms with Crippen molar-refractivity contribution >= 4 is 22.6 Å². The molecule has 8 heteroatoms. The largest absolute Gasteiger partial charge is 0.479 e. The highest BCUT2D eigenvalue weighted by Crippen LogP contribution is 2.31. The van der Waals surface area contributed by atoms with Crippen LogP contribution in [-0.2, 0) is 6.18 Å². The number of nitrogens with zero attached hydrogens (tertiary/aromatic N) is 2.